The Morgan fingerprint density at radius 1 is 0.202 bits per heavy atom. The van der Waals surface area contributed by atoms with Gasteiger partial charge in [-0.15, -0.1) is 0 Å². The van der Waals surface area contributed by atoms with E-state index in [1.165, 1.54) is 177 Å². The van der Waals surface area contributed by atoms with Crippen LogP contribution in [0, 0.1) is 0 Å². The van der Waals surface area contributed by atoms with Crippen LogP contribution in [0.3, 0.4) is 0 Å². The molecule has 0 unspecified atom stereocenters. The third-order valence-corrected chi connectivity index (χ3v) is 26.6. The average Bonchev–Trinajstić information content (AvgIpc) is 1.55. The van der Waals surface area contributed by atoms with E-state index < -0.39 is 16.2 Å². The van der Waals surface area contributed by atoms with Crippen LogP contribution in [0.25, 0.3) is 105 Å². The van der Waals surface area contributed by atoms with Gasteiger partial charge in [-0.1, -0.05) is 328 Å². The normalized spacial score (nSPS) is 15.0. The van der Waals surface area contributed by atoms with Crippen LogP contribution in [0.1, 0.15) is 66.8 Å². The van der Waals surface area contributed by atoms with Crippen molar-refractivity contribution in [2.75, 3.05) is 9.80 Å². The molecule has 0 atom stereocenters. The van der Waals surface area contributed by atoms with Gasteiger partial charge in [0.05, 0.1) is 44.3 Å². The molecule has 0 N–H and O–H groups in total. The zero-order valence-corrected chi connectivity index (χ0v) is 59.2. The van der Waals surface area contributed by atoms with E-state index in [-0.39, 0.29) is 6.71 Å². The van der Waals surface area contributed by atoms with Crippen molar-refractivity contribution >= 4 is 79.0 Å². The number of benzene rings is 17. The second kappa shape index (κ2) is 20.8. The van der Waals surface area contributed by atoms with E-state index in [1.807, 2.05) is 0 Å². The molecule has 6 aliphatic carbocycles. The summed E-state index contributed by atoms with van der Waals surface area (Å²) in [5, 5.41) is 2.44. The van der Waals surface area contributed by atoms with Gasteiger partial charge in [0.25, 0.3) is 6.71 Å². The van der Waals surface area contributed by atoms with Crippen molar-refractivity contribution < 1.29 is 0 Å². The summed E-state index contributed by atoms with van der Waals surface area (Å²) in [5.41, 5.74) is 45.5. The Labute approximate surface area is 631 Å². The first-order valence-electron chi connectivity index (χ1n) is 38.4. The maximum atomic E-state index is 2.81. The van der Waals surface area contributed by atoms with Crippen LogP contribution >= 0.6 is 0 Å². The highest BCUT2D eigenvalue weighted by Crippen LogP contribution is 2.70. The van der Waals surface area contributed by atoms with Crippen molar-refractivity contribution in [3.8, 4) is 83.6 Å². The lowest BCUT2D eigenvalue weighted by atomic mass is 9.33. The lowest BCUT2D eigenvalue weighted by molar-refractivity contribution is 0.792. The topological polar surface area (TPSA) is 11.4 Å². The molecule has 0 radical (unpaired) electrons. The molecule has 18 aromatic rings. The van der Waals surface area contributed by atoms with Gasteiger partial charge in [-0.3, -0.25) is 0 Å². The third kappa shape index (κ3) is 6.92. The summed E-state index contributed by atoms with van der Waals surface area (Å²) in [4.78, 5) is 5.57. The number of nitrogens with zero attached hydrogens (tertiary/aromatic N) is 3. The summed E-state index contributed by atoms with van der Waals surface area (Å²) >= 11 is 0. The highest BCUT2D eigenvalue weighted by Gasteiger charge is 2.59. The minimum Gasteiger partial charge on any atom is -0.311 e. The molecule has 4 heteroatoms. The van der Waals surface area contributed by atoms with Crippen LogP contribution in [0.2, 0.25) is 0 Å². The lowest BCUT2D eigenvalue weighted by Crippen LogP contribution is -2.61. The fourth-order valence-corrected chi connectivity index (χ4v) is 22.9. The van der Waals surface area contributed by atoms with Gasteiger partial charge in [0.15, 0.2) is 0 Å². The van der Waals surface area contributed by atoms with Crippen LogP contribution in [0.4, 0.5) is 34.1 Å². The minimum atomic E-state index is -0.702. The number of rotatable bonds is 4. The second-order valence-electron chi connectivity index (χ2n) is 31.0. The van der Waals surface area contributed by atoms with Crippen molar-refractivity contribution in [2.45, 2.75) is 16.2 Å². The van der Waals surface area contributed by atoms with E-state index in [9.17, 15) is 0 Å². The van der Waals surface area contributed by atoms with Gasteiger partial charge in [0, 0.05) is 44.6 Å². The predicted octanol–water partition coefficient (Wildman–Crippen LogP) is 23.6. The second-order valence-corrected chi connectivity index (χ2v) is 31.0. The summed E-state index contributed by atoms with van der Waals surface area (Å²) in [5.74, 6) is 0. The molecule has 3 spiro atoms. The van der Waals surface area contributed by atoms with Gasteiger partial charge in [-0.25, -0.2) is 0 Å². The van der Waals surface area contributed by atoms with E-state index >= 15 is 0 Å². The van der Waals surface area contributed by atoms with Crippen molar-refractivity contribution in [1.29, 1.82) is 0 Å². The maximum absolute atomic E-state index is 2.81. The Kier molecular flexibility index (Phi) is 11.2. The van der Waals surface area contributed by atoms with Crippen LogP contribution in [-0.2, 0) is 16.2 Å². The number of hydrogen-bond donors (Lipinski definition) is 0. The standard InChI is InChI=1S/C105H62BN3/c1-2-28-63(29-3-1)64-56-57-94-90(58-64)106-91-62-89-79(74-38-12-17-45-82(74)103(89)80-43-15-4-30-66(80)67-31-5-16-44-81(67)103)61-97(91)109(96-55-27-42-78-73-37-11-23-51-88(73)105(101(78)96)85-48-20-8-34-70(85)71-35-9-21-49-86(71)105)99-60-65(107-92-52-24-13-39-75(92)76-40-14-25-53-93(76)107)59-98(102(99)106)108(94)95-54-26-41-77-72-36-10-22-50-87(72)104(100(77)95)83-46-18-6-32-68(83)69-33-7-19-47-84(69)104/h1-62H. The summed E-state index contributed by atoms with van der Waals surface area (Å²) in [6.07, 6.45) is 0. The first-order chi connectivity index (χ1) is 54.1. The van der Waals surface area contributed by atoms with E-state index in [4.69, 9.17) is 0 Å². The predicted molar refractivity (Wildman–Crippen MR) is 449 cm³/mol. The molecule has 0 fully saturated rings. The Hall–Kier alpha value is -13.8. The lowest BCUT2D eigenvalue weighted by Gasteiger charge is -2.47. The van der Waals surface area contributed by atoms with Crippen LogP contribution in [0.15, 0.2) is 376 Å². The number of anilines is 6. The smallest absolute Gasteiger partial charge is 0.252 e. The molecule has 3 nitrogen and oxygen atoms in total. The first kappa shape index (κ1) is 58.5. The molecule has 0 saturated carbocycles. The molecule has 3 heterocycles. The molecule has 1 aromatic heterocycles. The van der Waals surface area contributed by atoms with Gasteiger partial charge in [0.2, 0.25) is 0 Å². The Bertz CT molecular complexity index is 6950. The summed E-state index contributed by atoms with van der Waals surface area (Å²) < 4.78 is 2.58. The molecule has 109 heavy (non-hydrogen) atoms. The highest BCUT2D eigenvalue weighted by molar-refractivity contribution is 7.00. The number of para-hydroxylation sites is 2. The molecular formula is C105H62BN3. The van der Waals surface area contributed by atoms with Gasteiger partial charge < -0.3 is 14.4 Å². The molecule has 0 amide bonds. The Morgan fingerprint density at radius 2 is 0.541 bits per heavy atom. The first-order valence-corrected chi connectivity index (χ1v) is 38.4. The SMILES string of the molecule is c1ccc(-c2ccc3c(c2)B2c4cc5c(cc4N(c4cccc6c4C4(c7ccccc7-c7ccccc74)c4ccccc4-6)c4cc(-n6c7ccccc7c7ccccc76)cc(c42)N3c2cccc3c2C2(c4ccccc4-c4ccccc42)c2ccccc2-3)-c2ccccc2C52c3ccccc3-c3ccccc32)cc1. The van der Waals surface area contributed by atoms with Gasteiger partial charge in [-0.05, 0) is 198 Å². The molecule has 0 bridgehead atoms. The van der Waals surface area contributed by atoms with Crippen LogP contribution < -0.4 is 26.2 Å². The fourth-order valence-electron chi connectivity index (χ4n) is 22.9. The summed E-state index contributed by atoms with van der Waals surface area (Å²) in [6, 6.07) is 146. The maximum Gasteiger partial charge on any atom is 0.252 e. The molecule has 2 aliphatic heterocycles. The van der Waals surface area contributed by atoms with Crippen LogP contribution in [-0.4, -0.2) is 11.3 Å². The van der Waals surface area contributed by atoms with Crippen molar-refractivity contribution in [3.63, 3.8) is 0 Å². The highest BCUT2D eigenvalue weighted by atomic mass is 15.2. The molecule has 17 aromatic carbocycles. The van der Waals surface area contributed by atoms with E-state index in [0.29, 0.717) is 0 Å². The monoisotopic (exact) mass is 1380 g/mol. The van der Waals surface area contributed by atoms with Gasteiger partial charge >= 0.3 is 0 Å². The van der Waals surface area contributed by atoms with Gasteiger partial charge in [0.1, 0.15) is 0 Å². The largest absolute Gasteiger partial charge is 0.311 e. The van der Waals surface area contributed by atoms with Gasteiger partial charge in [-0.2, -0.15) is 0 Å². The molecule has 8 aliphatic rings. The van der Waals surface area contributed by atoms with Crippen molar-refractivity contribution in [2.24, 2.45) is 0 Å². The minimum absolute atomic E-state index is 0.303. The number of aromatic nitrogens is 1. The van der Waals surface area contributed by atoms with Crippen molar-refractivity contribution in [3.05, 3.63) is 443 Å². The Balaban J connectivity index is 0.863. The average molecular weight is 1380 g/mol. The molecule has 26 rings (SSSR count). The fraction of sp³-hybridized carbons (Fsp3) is 0.0286. The zero-order chi connectivity index (χ0) is 70.7. The molecule has 500 valence electrons. The zero-order valence-electron chi connectivity index (χ0n) is 59.2. The van der Waals surface area contributed by atoms with E-state index in [0.717, 1.165) is 45.2 Å². The van der Waals surface area contributed by atoms with E-state index in [2.05, 4.69) is 390 Å². The summed E-state index contributed by atoms with van der Waals surface area (Å²) in [6.45, 7) is -0.303. The van der Waals surface area contributed by atoms with Crippen LogP contribution in [0.5, 0.6) is 0 Å². The third-order valence-electron chi connectivity index (χ3n) is 26.6. The van der Waals surface area contributed by atoms with Crippen molar-refractivity contribution in [1.82, 2.24) is 4.57 Å². The quantitative estimate of drug-likeness (QED) is 0.163. The Morgan fingerprint density at radius 3 is 0.972 bits per heavy atom. The molecule has 0 saturated heterocycles. The van der Waals surface area contributed by atoms with E-state index in [1.54, 1.807) is 0 Å². The summed E-state index contributed by atoms with van der Waals surface area (Å²) in [7, 11) is 0. The molecular weight excluding hydrogens is 1310 g/mol. The number of hydrogen-bond acceptors (Lipinski definition) is 2. The number of fused-ring (bicyclic) bond motifs is 37.